The Hall–Kier alpha value is -3.41. The third-order valence-electron chi connectivity index (χ3n) is 5.34. The molecule has 3 aromatic rings. The summed E-state index contributed by atoms with van der Waals surface area (Å²) in [6.07, 6.45) is 1.61. The van der Waals surface area contributed by atoms with Gasteiger partial charge in [-0.1, -0.05) is 0 Å². The number of esters is 1. The summed E-state index contributed by atoms with van der Waals surface area (Å²) in [5.74, 6) is -0.0473. The number of H-pyrrole nitrogens is 1. The average Bonchev–Trinajstić information content (AvgIpc) is 3.20. The minimum Gasteiger partial charge on any atom is -0.490 e. The number of ether oxygens (including phenoxy) is 3. The van der Waals surface area contributed by atoms with Crippen molar-refractivity contribution >= 4 is 16.0 Å². The van der Waals surface area contributed by atoms with Crippen LogP contribution in [0.25, 0.3) is 5.69 Å². The standard InChI is InChI=1S/C23H25N3O7S/c1-17-16-24-23(28)26(17)19-4-2-18(3-5-19)22(27)33-15-14-32-20-6-8-21(9-7-20)34(29,30)25-10-12-31-13-11-25/h2-9,16H,10-15H2,1H3,(H,24,28). The van der Waals surface area contributed by atoms with Crippen molar-refractivity contribution in [2.75, 3.05) is 39.5 Å². The van der Waals surface area contributed by atoms with Gasteiger partial charge >= 0.3 is 11.7 Å². The van der Waals surface area contributed by atoms with Gasteiger partial charge in [-0.3, -0.25) is 4.57 Å². The average molecular weight is 488 g/mol. The van der Waals surface area contributed by atoms with Crippen LogP contribution in [0.4, 0.5) is 0 Å². The molecular weight excluding hydrogens is 462 g/mol. The van der Waals surface area contributed by atoms with Gasteiger partial charge in [-0.15, -0.1) is 0 Å². The number of nitrogens with one attached hydrogen (secondary N) is 1. The number of aromatic amines is 1. The second-order valence-corrected chi connectivity index (χ2v) is 9.53. The molecule has 0 unspecified atom stereocenters. The Morgan fingerprint density at radius 3 is 2.32 bits per heavy atom. The van der Waals surface area contributed by atoms with E-state index in [4.69, 9.17) is 14.2 Å². The van der Waals surface area contributed by atoms with Crippen molar-refractivity contribution in [2.24, 2.45) is 0 Å². The third-order valence-corrected chi connectivity index (χ3v) is 7.25. The second-order valence-electron chi connectivity index (χ2n) is 7.59. The van der Waals surface area contributed by atoms with Crippen LogP contribution in [0.15, 0.2) is 64.4 Å². The van der Waals surface area contributed by atoms with Gasteiger partial charge in [0.15, 0.2) is 0 Å². The molecule has 1 aromatic heterocycles. The van der Waals surface area contributed by atoms with Crippen LogP contribution in [0.3, 0.4) is 0 Å². The molecule has 0 amide bonds. The predicted molar refractivity (Wildman–Crippen MR) is 123 cm³/mol. The topological polar surface area (TPSA) is 120 Å². The minimum absolute atomic E-state index is 0.0186. The monoisotopic (exact) mass is 487 g/mol. The normalized spacial score (nSPS) is 14.6. The van der Waals surface area contributed by atoms with E-state index in [9.17, 15) is 18.0 Å². The number of carbonyl (C=O) groups is 1. The number of rotatable bonds is 8. The molecule has 0 spiro atoms. The predicted octanol–water partition coefficient (Wildman–Crippen LogP) is 1.73. The van der Waals surface area contributed by atoms with Gasteiger partial charge < -0.3 is 19.2 Å². The Morgan fingerprint density at radius 2 is 1.71 bits per heavy atom. The molecule has 0 bridgehead atoms. The zero-order chi connectivity index (χ0) is 24.1. The molecule has 0 aliphatic carbocycles. The lowest BCUT2D eigenvalue weighted by Crippen LogP contribution is -2.40. The van der Waals surface area contributed by atoms with Crippen molar-refractivity contribution in [3.05, 3.63) is 76.5 Å². The van der Waals surface area contributed by atoms with Gasteiger partial charge in [0, 0.05) is 25.0 Å². The summed E-state index contributed by atoms with van der Waals surface area (Å²) in [6, 6.07) is 12.6. The lowest BCUT2D eigenvalue weighted by molar-refractivity contribution is 0.0450. The second kappa shape index (κ2) is 10.2. The van der Waals surface area contributed by atoms with Crippen LogP contribution in [0.5, 0.6) is 5.75 Å². The zero-order valence-corrected chi connectivity index (χ0v) is 19.4. The number of aromatic nitrogens is 2. The summed E-state index contributed by atoms with van der Waals surface area (Å²) in [5.41, 5.74) is 1.49. The molecule has 4 rings (SSSR count). The van der Waals surface area contributed by atoms with E-state index in [1.54, 1.807) is 49.5 Å². The molecule has 1 fully saturated rings. The van der Waals surface area contributed by atoms with Gasteiger partial charge in [0.2, 0.25) is 10.0 Å². The lowest BCUT2D eigenvalue weighted by atomic mass is 10.2. The first kappa shape index (κ1) is 23.7. The lowest BCUT2D eigenvalue weighted by Gasteiger charge is -2.26. The summed E-state index contributed by atoms with van der Waals surface area (Å²) in [5, 5.41) is 0. The number of sulfonamides is 1. The fourth-order valence-corrected chi connectivity index (χ4v) is 4.95. The number of morpholine rings is 1. The third kappa shape index (κ3) is 5.22. The van der Waals surface area contributed by atoms with Gasteiger partial charge in [0.25, 0.3) is 0 Å². The van der Waals surface area contributed by atoms with Gasteiger partial charge in [-0.2, -0.15) is 4.31 Å². The number of imidazole rings is 1. The molecule has 1 aliphatic rings. The van der Waals surface area contributed by atoms with Crippen molar-refractivity contribution in [3.63, 3.8) is 0 Å². The van der Waals surface area contributed by atoms with E-state index in [0.717, 1.165) is 5.69 Å². The summed E-state index contributed by atoms with van der Waals surface area (Å²) in [6.45, 7) is 3.36. The highest BCUT2D eigenvalue weighted by Gasteiger charge is 2.26. The van der Waals surface area contributed by atoms with Crippen molar-refractivity contribution in [3.8, 4) is 11.4 Å². The Kier molecular flexibility index (Phi) is 7.15. The van der Waals surface area contributed by atoms with E-state index < -0.39 is 16.0 Å². The SMILES string of the molecule is Cc1c[nH]c(=O)n1-c1ccc(C(=O)OCCOc2ccc(S(=O)(=O)N3CCOCC3)cc2)cc1. The van der Waals surface area contributed by atoms with Crippen LogP contribution in [0, 0.1) is 6.92 Å². The maximum atomic E-state index is 12.6. The van der Waals surface area contributed by atoms with E-state index in [2.05, 4.69) is 4.98 Å². The van der Waals surface area contributed by atoms with Gasteiger partial charge in [0.1, 0.15) is 19.0 Å². The number of aryl methyl sites for hydroxylation is 1. The number of hydrogen-bond donors (Lipinski definition) is 1. The van der Waals surface area contributed by atoms with E-state index in [0.29, 0.717) is 43.3 Å². The quantitative estimate of drug-likeness (QED) is 0.380. The molecule has 0 saturated carbocycles. The Bertz CT molecular complexity index is 1290. The molecular formula is C23H25N3O7S. The first-order chi connectivity index (χ1) is 16.4. The summed E-state index contributed by atoms with van der Waals surface area (Å²) >= 11 is 0. The molecule has 34 heavy (non-hydrogen) atoms. The van der Waals surface area contributed by atoms with Gasteiger partial charge in [-0.05, 0) is 55.5 Å². The van der Waals surface area contributed by atoms with Gasteiger partial charge in [-0.25, -0.2) is 18.0 Å². The maximum absolute atomic E-state index is 12.6. The number of nitrogens with zero attached hydrogens (tertiary/aromatic N) is 2. The molecule has 0 radical (unpaired) electrons. The largest absolute Gasteiger partial charge is 0.490 e. The first-order valence-corrected chi connectivity index (χ1v) is 12.2. The number of benzene rings is 2. The number of hydrogen-bond acceptors (Lipinski definition) is 7. The number of carbonyl (C=O) groups excluding carboxylic acids is 1. The fourth-order valence-electron chi connectivity index (χ4n) is 3.54. The maximum Gasteiger partial charge on any atom is 0.338 e. The summed E-state index contributed by atoms with van der Waals surface area (Å²) in [7, 11) is -3.56. The van der Waals surface area contributed by atoms with Crippen LogP contribution >= 0.6 is 0 Å². The van der Waals surface area contributed by atoms with Crippen LogP contribution in [-0.4, -0.2) is 67.8 Å². The molecule has 1 saturated heterocycles. The molecule has 1 N–H and O–H groups in total. The molecule has 180 valence electrons. The molecule has 1 aliphatic heterocycles. The van der Waals surface area contributed by atoms with Crippen LogP contribution in [-0.2, 0) is 19.5 Å². The Morgan fingerprint density at radius 1 is 1.03 bits per heavy atom. The first-order valence-electron chi connectivity index (χ1n) is 10.7. The van der Waals surface area contributed by atoms with E-state index in [1.165, 1.54) is 21.0 Å². The highest BCUT2D eigenvalue weighted by Crippen LogP contribution is 2.20. The van der Waals surface area contributed by atoms with Gasteiger partial charge in [0.05, 0.1) is 29.4 Å². The molecule has 2 aromatic carbocycles. The van der Waals surface area contributed by atoms with Crippen LogP contribution < -0.4 is 10.4 Å². The molecule has 11 heteroatoms. The van der Waals surface area contributed by atoms with Crippen LogP contribution in [0.2, 0.25) is 0 Å². The van der Waals surface area contributed by atoms with E-state index >= 15 is 0 Å². The highest BCUT2D eigenvalue weighted by atomic mass is 32.2. The van der Waals surface area contributed by atoms with E-state index in [1.807, 2.05) is 0 Å². The van der Waals surface area contributed by atoms with Crippen LogP contribution in [0.1, 0.15) is 16.1 Å². The van der Waals surface area contributed by atoms with E-state index in [-0.39, 0.29) is 23.8 Å². The van der Waals surface area contributed by atoms with Crippen molar-refractivity contribution in [2.45, 2.75) is 11.8 Å². The fraction of sp³-hybridized carbons (Fsp3) is 0.304. The highest BCUT2D eigenvalue weighted by molar-refractivity contribution is 7.89. The Balaban J connectivity index is 1.26. The van der Waals surface area contributed by atoms with Crippen molar-refractivity contribution < 1.29 is 27.4 Å². The minimum atomic E-state index is -3.56. The zero-order valence-electron chi connectivity index (χ0n) is 18.6. The summed E-state index contributed by atoms with van der Waals surface area (Å²) < 4.78 is 44.2. The molecule has 2 heterocycles. The van der Waals surface area contributed by atoms with Crippen molar-refractivity contribution in [1.29, 1.82) is 0 Å². The Labute approximate surface area is 196 Å². The smallest absolute Gasteiger partial charge is 0.338 e. The van der Waals surface area contributed by atoms with Crippen molar-refractivity contribution in [1.82, 2.24) is 13.9 Å². The summed E-state index contributed by atoms with van der Waals surface area (Å²) in [4.78, 5) is 26.9. The molecule has 0 atom stereocenters. The molecule has 10 nitrogen and oxygen atoms in total.